The first-order valence-electron chi connectivity index (χ1n) is 11.7. The number of rotatable bonds is 7. The molecule has 0 saturated heterocycles. The molecule has 1 fully saturated rings. The van der Waals surface area contributed by atoms with E-state index >= 15 is 0 Å². The standard InChI is InChI=1S/C26H23F3N6O2S/c1-14-3-4-19(10-21(14)34-24(37)22-11-30-25(38-22)33-18-5-6-18)32-23(36)16-7-17(26(27,28)29)9-20(8-16)35-12-15(2)31-13-35/h3-4,7-13,18H,5-6H2,1-2H3,(H,30,33)(H,32,36)(H,34,37). The summed E-state index contributed by atoms with van der Waals surface area (Å²) in [6.07, 6.45) is 1.98. The number of imidazole rings is 1. The fraction of sp³-hybridized carbons (Fsp3) is 0.231. The van der Waals surface area contributed by atoms with Crippen LogP contribution in [0.2, 0.25) is 0 Å². The fourth-order valence-corrected chi connectivity index (χ4v) is 4.48. The number of carbonyl (C=O) groups is 2. The summed E-state index contributed by atoms with van der Waals surface area (Å²) < 4.78 is 42.2. The van der Waals surface area contributed by atoms with Crippen LogP contribution >= 0.6 is 11.3 Å². The van der Waals surface area contributed by atoms with Crippen molar-refractivity contribution < 1.29 is 22.8 Å². The van der Waals surface area contributed by atoms with Gasteiger partial charge in [0.1, 0.15) is 4.88 Å². The Labute approximate surface area is 219 Å². The van der Waals surface area contributed by atoms with E-state index in [1.54, 1.807) is 38.2 Å². The molecular weight excluding hydrogens is 517 g/mol. The molecule has 0 spiro atoms. The lowest BCUT2D eigenvalue weighted by atomic mass is 10.1. The Morgan fingerprint density at radius 2 is 1.82 bits per heavy atom. The number of carbonyl (C=O) groups excluding carboxylic acids is 2. The minimum Gasteiger partial charge on any atom is -0.359 e. The quantitative estimate of drug-likeness (QED) is 0.265. The molecule has 3 N–H and O–H groups in total. The Bertz CT molecular complexity index is 1520. The molecule has 0 unspecified atom stereocenters. The molecule has 196 valence electrons. The van der Waals surface area contributed by atoms with E-state index in [2.05, 4.69) is 25.9 Å². The Morgan fingerprint density at radius 3 is 2.50 bits per heavy atom. The van der Waals surface area contributed by atoms with E-state index in [0.717, 1.165) is 30.5 Å². The first-order chi connectivity index (χ1) is 18.0. The molecule has 1 aliphatic rings. The minimum atomic E-state index is -4.65. The van der Waals surface area contributed by atoms with E-state index in [0.29, 0.717) is 33.1 Å². The number of amides is 2. The van der Waals surface area contributed by atoms with Crippen molar-refractivity contribution in [3.63, 3.8) is 0 Å². The second-order valence-electron chi connectivity index (χ2n) is 9.07. The molecule has 0 atom stereocenters. The van der Waals surface area contributed by atoms with Crippen LogP contribution in [0.1, 0.15) is 49.7 Å². The molecule has 1 aliphatic carbocycles. The highest BCUT2D eigenvalue weighted by Crippen LogP contribution is 2.32. The minimum absolute atomic E-state index is 0.155. The van der Waals surface area contributed by atoms with Crippen molar-refractivity contribution in [3.05, 3.63) is 82.4 Å². The largest absolute Gasteiger partial charge is 0.416 e. The second-order valence-corrected chi connectivity index (χ2v) is 10.1. The van der Waals surface area contributed by atoms with Gasteiger partial charge in [0.15, 0.2) is 5.13 Å². The van der Waals surface area contributed by atoms with Crippen molar-refractivity contribution in [2.75, 3.05) is 16.0 Å². The number of aromatic nitrogens is 3. The van der Waals surface area contributed by atoms with E-state index in [-0.39, 0.29) is 17.2 Å². The van der Waals surface area contributed by atoms with Crippen molar-refractivity contribution in [2.24, 2.45) is 0 Å². The molecule has 38 heavy (non-hydrogen) atoms. The molecule has 2 aromatic heterocycles. The molecule has 0 bridgehead atoms. The molecule has 4 aromatic rings. The predicted octanol–water partition coefficient (Wildman–Crippen LogP) is 6.04. The Morgan fingerprint density at radius 1 is 1.03 bits per heavy atom. The van der Waals surface area contributed by atoms with Crippen molar-refractivity contribution >= 4 is 39.7 Å². The van der Waals surface area contributed by atoms with Crippen LogP contribution in [0.25, 0.3) is 5.69 Å². The Hall–Kier alpha value is -4.19. The average molecular weight is 541 g/mol. The first-order valence-corrected chi connectivity index (χ1v) is 12.6. The number of hydrogen-bond donors (Lipinski definition) is 3. The van der Waals surface area contributed by atoms with E-state index in [9.17, 15) is 22.8 Å². The summed E-state index contributed by atoms with van der Waals surface area (Å²) in [4.78, 5) is 34.5. The smallest absolute Gasteiger partial charge is 0.359 e. The van der Waals surface area contributed by atoms with Crippen LogP contribution in [-0.2, 0) is 6.18 Å². The Kier molecular flexibility index (Phi) is 6.66. The van der Waals surface area contributed by atoms with Gasteiger partial charge in [-0.05, 0) is 62.6 Å². The molecule has 2 amide bonds. The topological polar surface area (TPSA) is 101 Å². The van der Waals surface area contributed by atoms with Gasteiger partial charge in [-0.25, -0.2) is 9.97 Å². The van der Waals surface area contributed by atoms with Gasteiger partial charge in [-0.3, -0.25) is 9.59 Å². The zero-order chi connectivity index (χ0) is 27.0. The Balaban J connectivity index is 1.35. The monoisotopic (exact) mass is 540 g/mol. The molecule has 12 heteroatoms. The van der Waals surface area contributed by atoms with E-state index in [1.165, 1.54) is 34.5 Å². The van der Waals surface area contributed by atoms with Gasteiger partial charge in [0.2, 0.25) is 0 Å². The van der Waals surface area contributed by atoms with Gasteiger partial charge < -0.3 is 20.5 Å². The molecular formula is C26H23F3N6O2S. The highest BCUT2D eigenvalue weighted by Gasteiger charge is 2.32. The van der Waals surface area contributed by atoms with Crippen LogP contribution in [-0.4, -0.2) is 32.4 Å². The van der Waals surface area contributed by atoms with Gasteiger partial charge in [-0.15, -0.1) is 0 Å². The number of alkyl halides is 3. The number of benzene rings is 2. The normalized spacial score (nSPS) is 13.3. The third-order valence-electron chi connectivity index (χ3n) is 5.90. The number of anilines is 3. The summed E-state index contributed by atoms with van der Waals surface area (Å²) in [6.45, 7) is 3.50. The van der Waals surface area contributed by atoms with Crippen LogP contribution in [0.3, 0.4) is 0 Å². The van der Waals surface area contributed by atoms with Crippen molar-refractivity contribution in [1.29, 1.82) is 0 Å². The van der Waals surface area contributed by atoms with Gasteiger partial charge in [-0.2, -0.15) is 13.2 Å². The number of aryl methyl sites for hydroxylation is 2. The molecule has 1 saturated carbocycles. The summed E-state index contributed by atoms with van der Waals surface area (Å²) in [5.41, 5.74) is 1.16. The highest BCUT2D eigenvalue weighted by atomic mass is 32.1. The van der Waals surface area contributed by atoms with Crippen LogP contribution in [0.15, 0.2) is 55.1 Å². The zero-order valence-corrected chi connectivity index (χ0v) is 21.2. The number of nitrogens with one attached hydrogen (secondary N) is 3. The first kappa shape index (κ1) is 25.5. The molecule has 8 nitrogen and oxygen atoms in total. The lowest BCUT2D eigenvalue weighted by molar-refractivity contribution is -0.137. The van der Waals surface area contributed by atoms with Gasteiger partial charge in [-0.1, -0.05) is 17.4 Å². The maximum absolute atomic E-state index is 13.6. The maximum atomic E-state index is 13.6. The van der Waals surface area contributed by atoms with E-state index in [1.807, 2.05) is 0 Å². The lowest BCUT2D eigenvalue weighted by Crippen LogP contribution is -2.16. The SMILES string of the molecule is Cc1cn(-c2cc(C(=O)Nc3ccc(C)c(NC(=O)c4cnc(NC5CC5)s4)c3)cc(C(F)(F)F)c2)cn1. The van der Waals surface area contributed by atoms with Crippen LogP contribution in [0, 0.1) is 13.8 Å². The van der Waals surface area contributed by atoms with Gasteiger partial charge in [0, 0.05) is 34.9 Å². The van der Waals surface area contributed by atoms with Crippen molar-refractivity contribution in [1.82, 2.24) is 14.5 Å². The van der Waals surface area contributed by atoms with E-state index in [4.69, 9.17) is 0 Å². The van der Waals surface area contributed by atoms with Gasteiger partial charge in [0.25, 0.3) is 11.8 Å². The second kappa shape index (κ2) is 9.93. The third kappa shape index (κ3) is 5.86. The number of hydrogen-bond acceptors (Lipinski definition) is 6. The average Bonchev–Trinajstić information content (AvgIpc) is 3.36. The summed E-state index contributed by atoms with van der Waals surface area (Å²) in [6, 6.07) is 8.41. The summed E-state index contributed by atoms with van der Waals surface area (Å²) in [7, 11) is 0. The third-order valence-corrected chi connectivity index (χ3v) is 6.82. The number of thiazole rings is 1. The van der Waals surface area contributed by atoms with Gasteiger partial charge in [0.05, 0.1) is 23.8 Å². The summed E-state index contributed by atoms with van der Waals surface area (Å²) in [5.74, 6) is -1.08. The summed E-state index contributed by atoms with van der Waals surface area (Å²) >= 11 is 1.25. The van der Waals surface area contributed by atoms with Crippen LogP contribution in [0.5, 0.6) is 0 Å². The number of halogens is 3. The molecule has 0 aliphatic heterocycles. The van der Waals surface area contributed by atoms with Crippen LogP contribution in [0.4, 0.5) is 29.7 Å². The number of nitrogens with zero attached hydrogens (tertiary/aromatic N) is 3. The van der Waals surface area contributed by atoms with E-state index < -0.39 is 17.6 Å². The molecule has 0 radical (unpaired) electrons. The highest BCUT2D eigenvalue weighted by molar-refractivity contribution is 7.17. The maximum Gasteiger partial charge on any atom is 0.416 e. The van der Waals surface area contributed by atoms with Crippen molar-refractivity contribution in [2.45, 2.75) is 38.9 Å². The summed E-state index contributed by atoms with van der Waals surface area (Å²) in [5, 5.41) is 9.38. The molecule has 5 rings (SSSR count). The lowest BCUT2D eigenvalue weighted by Gasteiger charge is -2.14. The fourth-order valence-electron chi connectivity index (χ4n) is 3.69. The van der Waals surface area contributed by atoms with Crippen molar-refractivity contribution in [3.8, 4) is 5.69 Å². The zero-order valence-electron chi connectivity index (χ0n) is 20.4. The molecule has 2 heterocycles. The predicted molar refractivity (Wildman–Crippen MR) is 139 cm³/mol. The van der Waals surface area contributed by atoms with Gasteiger partial charge >= 0.3 is 6.18 Å². The molecule has 2 aromatic carbocycles. The van der Waals surface area contributed by atoms with Crippen LogP contribution < -0.4 is 16.0 Å².